The Hall–Kier alpha value is -4.24. The number of rotatable bonds is 2. The minimum absolute atomic E-state index is 0. The van der Waals surface area contributed by atoms with Crippen molar-refractivity contribution in [3.05, 3.63) is 157 Å². The molecule has 0 fully saturated rings. The molecular formula is C41H36IrN3. The largest absolute Gasteiger partial charge is 3.00 e. The van der Waals surface area contributed by atoms with Crippen molar-refractivity contribution in [3.8, 4) is 11.3 Å². The topological polar surface area (TPSA) is 19.4 Å². The first-order chi connectivity index (χ1) is 21.2. The van der Waals surface area contributed by atoms with Gasteiger partial charge in [-0.3, -0.25) is 0 Å². The monoisotopic (exact) mass is 763 g/mol. The Balaban J connectivity index is 0.000000231. The molecule has 0 N–H and O–H groups in total. The van der Waals surface area contributed by atoms with Crippen LogP contribution < -0.4 is 9.80 Å². The number of nitrogens with zero attached hydrogens (tertiary/aromatic N) is 3. The van der Waals surface area contributed by atoms with Gasteiger partial charge in [-0.1, -0.05) is 94.4 Å². The molecule has 0 bridgehead atoms. The van der Waals surface area contributed by atoms with E-state index in [2.05, 4.69) is 141 Å². The smallest absolute Gasteiger partial charge is 0.488 e. The molecule has 2 aliphatic rings. The molecule has 0 atom stereocenters. The summed E-state index contributed by atoms with van der Waals surface area (Å²) in [7, 11) is 0. The van der Waals surface area contributed by atoms with Crippen LogP contribution in [0.4, 0.5) is 22.7 Å². The molecule has 6 aromatic rings. The zero-order chi connectivity index (χ0) is 30.5. The first-order valence-electron chi connectivity index (χ1n) is 15.2. The molecule has 4 heteroatoms. The molecule has 0 saturated carbocycles. The van der Waals surface area contributed by atoms with Crippen molar-refractivity contribution in [1.29, 1.82) is 0 Å². The maximum absolute atomic E-state index is 4.22. The predicted molar refractivity (Wildman–Crippen MR) is 184 cm³/mol. The quantitative estimate of drug-likeness (QED) is 0.164. The molecule has 0 amide bonds. The summed E-state index contributed by atoms with van der Waals surface area (Å²) in [4.78, 5) is 8.88. The van der Waals surface area contributed by atoms with Gasteiger partial charge in [-0.15, -0.1) is 77.6 Å². The standard InChI is InChI=1S/C30H28N2.C11H8N.Ir/c1-29(2,3)22-13-15-23(16-14-22)31-19-32-27-18-21-10-7-6-9-20(21)17-25(27)30(4,5)24-11-8-12-26(31)28(24)32;1-2-6-10(7-3-1)11-8-4-5-9-12-11;/h6-17,19H,1-5H3;1-6,8-9H;/q-2;-1;+3. The number of hydrogen-bond donors (Lipinski definition) is 0. The first kappa shape index (κ1) is 30.8. The summed E-state index contributed by atoms with van der Waals surface area (Å²) in [5.41, 5.74) is 10.9. The molecule has 0 spiro atoms. The molecule has 0 unspecified atom stereocenters. The molecule has 0 radical (unpaired) electrons. The molecule has 2 aliphatic heterocycles. The summed E-state index contributed by atoms with van der Waals surface area (Å²) >= 11 is 0. The van der Waals surface area contributed by atoms with E-state index in [0.29, 0.717) is 0 Å². The summed E-state index contributed by atoms with van der Waals surface area (Å²) < 4.78 is 0. The van der Waals surface area contributed by atoms with E-state index >= 15 is 0 Å². The minimum atomic E-state index is -0.0996. The van der Waals surface area contributed by atoms with E-state index in [-0.39, 0.29) is 30.9 Å². The maximum Gasteiger partial charge on any atom is 3.00 e. The number of hydrogen-bond acceptors (Lipinski definition) is 3. The van der Waals surface area contributed by atoms with E-state index in [1.807, 2.05) is 42.5 Å². The fraction of sp³-hybridized carbons (Fsp3) is 0.171. The first-order valence-corrected chi connectivity index (χ1v) is 15.2. The molecule has 1 aromatic heterocycles. The summed E-state index contributed by atoms with van der Waals surface area (Å²) in [6.07, 6.45) is 1.79. The van der Waals surface area contributed by atoms with E-state index < -0.39 is 0 Å². The molecule has 224 valence electrons. The Bertz CT molecular complexity index is 1900. The van der Waals surface area contributed by atoms with Crippen molar-refractivity contribution in [2.75, 3.05) is 9.80 Å². The second-order valence-electron chi connectivity index (χ2n) is 13.1. The van der Waals surface area contributed by atoms with Crippen molar-refractivity contribution in [2.24, 2.45) is 0 Å². The Morgan fingerprint density at radius 3 is 2.22 bits per heavy atom. The molecule has 3 heterocycles. The van der Waals surface area contributed by atoms with Crippen LogP contribution in [0.3, 0.4) is 0 Å². The van der Waals surface area contributed by atoms with Crippen molar-refractivity contribution >= 4 is 33.5 Å². The SMILES string of the molecule is CC(C)(C)c1ccc(N2[CH-]N3c4[c-]c5ccccc5cc4C(C)(C)c4cccc2c43)cc1.[Ir+3].[c-]1ccccc1-c1ccccn1. The molecule has 3 nitrogen and oxygen atoms in total. The third kappa shape index (κ3) is 5.58. The van der Waals surface area contributed by atoms with Gasteiger partial charge in [0.25, 0.3) is 0 Å². The average molecular weight is 763 g/mol. The van der Waals surface area contributed by atoms with Crippen LogP contribution in [-0.4, -0.2) is 4.98 Å². The van der Waals surface area contributed by atoms with Gasteiger partial charge in [0.1, 0.15) is 0 Å². The summed E-state index contributed by atoms with van der Waals surface area (Å²) in [6.45, 7) is 13.7. The Kier molecular flexibility index (Phi) is 8.16. The predicted octanol–water partition coefficient (Wildman–Crippen LogP) is 10.5. The number of aromatic nitrogens is 1. The number of pyridine rings is 1. The van der Waals surface area contributed by atoms with Gasteiger partial charge < -0.3 is 14.8 Å². The molecule has 0 saturated heterocycles. The van der Waals surface area contributed by atoms with E-state index in [1.54, 1.807) is 6.20 Å². The zero-order valence-corrected chi connectivity index (χ0v) is 28.7. The van der Waals surface area contributed by atoms with E-state index in [1.165, 1.54) is 39.1 Å². The second-order valence-corrected chi connectivity index (χ2v) is 13.1. The van der Waals surface area contributed by atoms with Gasteiger partial charge in [0.15, 0.2) is 0 Å². The van der Waals surface area contributed by atoms with Crippen LogP contribution >= 0.6 is 0 Å². The van der Waals surface area contributed by atoms with Gasteiger partial charge >= 0.3 is 20.1 Å². The third-order valence-electron chi connectivity index (χ3n) is 8.76. The van der Waals surface area contributed by atoms with Crippen molar-refractivity contribution in [2.45, 2.75) is 45.4 Å². The van der Waals surface area contributed by atoms with Crippen LogP contribution in [0.15, 0.2) is 121 Å². The maximum atomic E-state index is 4.22. The van der Waals surface area contributed by atoms with Gasteiger partial charge in [0.2, 0.25) is 0 Å². The number of para-hydroxylation sites is 1. The van der Waals surface area contributed by atoms with E-state index in [4.69, 9.17) is 0 Å². The van der Waals surface area contributed by atoms with Crippen LogP contribution in [0, 0.1) is 18.8 Å². The summed E-state index contributed by atoms with van der Waals surface area (Å²) in [5.74, 6) is 0. The Morgan fingerprint density at radius 2 is 1.51 bits per heavy atom. The molecule has 5 aromatic carbocycles. The van der Waals surface area contributed by atoms with Crippen molar-refractivity contribution in [1.82, 2.24) is 4.98 Å². The molecule has 45 heavy (non-hydrogen) atoms. The second kappa shape index (κ2) is 11.9. The fourth-order valence-corrected chi connectivity index (χ4v) is 6.26. The number of fused-ring (bicyclic) bond motifs is 3. The number of benzene rings is 5. The number of anilines is 4. The normalized spacial score (nSPS) is 14.2. The van der Waals surface area contributed by atoms with Crippen LogP contribution in [0.5, 0.6) is 0 Å². The van der Waals surface area contributed by atoms with E-state index in [0.717, 1.165) is 22.3 Å². The zero-order valence-electron chi connectivity index (χ0n) is 26.3. The molecule has 0 aliphatic carbocycles. The minimum Gasteiger partial charge on any atom is -0.488 e. The van der Waals surface area contributed by atoms with Crippen LogP contribution in [-0.2, 0) is 30.9 Å². The van der Waals surface area contributed by atoms with Crippen molar-refractivity contribution < 1.29 is 20.1 Å². The van der Waals surface area contributed by atoms with Crippen LogP contribution in [0.1, 0.15) is 51.3 Å². The molecular weight excluding hydrogens is 727 g/mol. The Morgan fingerprint density at radius 1 is 0.756 bits per heavy atom. The summed E-state index contributed by atoms with van der Waals surface area (Å²) in [6, 6.07) is 47.2. The third-order valence-corrected chi connectivity index (χ3v) is 8.76. The van der Waals surface area contributed by atoms with Gasteiger partial charge in [0.05, 0.1) is 0 Å². The Labute approximate surface area is 280 Å². The summed E-state index contributed by atoms with van der Waals surface area (Å²) in [5, 5.41) is 2.40. The van der Waals surface area contributed by atoms with Crippen LogP contribution in [0.25, 0.3) is 22.0 Å². The van der Waals surface area contributed by atoms with Crippen molar-refractivity contribution in [3.63, 3.8) is 0 Å². The van der Waals surface area contributed by atoms with Gasteiger partial charge in [-0.25, -0.2) is 0 Å². The average Bonchev–Trinajstić information content (AvgIpc) is 3.44. The van der Waals surface area contributed by atoms with Gasteiger partial charge in [0, 0.05) is 23.3 Å². The van der Waals surface area contributed by atoms with Gasteiger partial charge in [-0.05, 0) is 51.9 Å². The van der Waals surface area contributed by atoms with Crippen LogP contribution in [0.2, 0.25) is 0 Å². The van der Waals surface area contributed by atoms with E-state index in [9.17, 15) is 0 Å². The van der Waals surface area contributed by atoms with Gasteiger partial charge in [-0.2, -0.15) is 0 Å². The molecule has 8 rings (SSSR count). The fourth-order valence-electron chi connectivity index (χ4n) is 6.26.